The molecule has 2 amide bonds. The van der Waals surface area contributed by atoms with Crippen molar-refractivity contribution < 1.29 is 19.1 Å². The first kappa shape index (κ1) is 19.7. The number of para-hydroxylation sites is 1. The predicted molar refractivity (Wildman–Crippen MR) is 108 cm³/mol. The maximum atomic E-state index is 12.7. The van der Waals surface area contributed by atoms with Crippen molar-refractivity contribution in [3.05, 3.63) is 54.1 Å². The highest BCUT2D eigenvalue weighted by molar-refractivity contribution is 6.06. The molecule has 0 radical (unpaired) electrons. The van der Waals surface area contributed by atoms with Gasteiger partial charge in [-0.25, -0.2) is 0 Å². The van der Waals surface area contributed by atoms with E-state index in [4.69, 9.17) is 9.47 Å². The van der Waals surface area contributed by atoms with Crippen LogP contribution in [0.5, 0.6) is 11.5 Å². The molecule has 3 rings (SSSR count). The summed E-state index contributed by atoms with van der Waals surface area (Å²) in [5.74, 6) is 0.809. The van der Waals surface area contributed by atoms with Gasteiger partial charge in [-0.3, -0.25) is 9.59 Å². The Bertz CT molecular complexity index is 829. The molecule has 0 aliphatic carbocycles. The van der Waals surface area contributed by atoms with Gasteiger partial charge in [0.2, 0.25) is 0 Å². The van der Waals surface area contributed by atoms with E-state index in [0.717, 1.165) is 25.9 Å². The highest BCUT2D eigenvalue weighted by atomic mass is 16.5. The Labute approximate surface area is 165 Å². The lowest BCUT2D eigenvalue weighted by atomic mass is 10.1. The number of amides is 2. The van der Waals surface area contributed by atoms with E-state index in [1.54, 1.807) is 42.5 Å². The van der Waals surface area contributed by atoms with Crippen molar-refractivity contribution in [1.82, 2.24) is 4.90 Å². The van der Waals surface area contributed by atoms with E-state index < -0.39 is 0 Å². The number of nitrogens with one attached hydrogen (secondary N) is 1. The smallest absolute Gasteiger partial charge is 0.260 e. The number of hydrogen-bond donors (Lipinski definition) is 1. The van der Waals surface area contributed by atoms with Gasteiger partial charge < -0.3 is 19.7 Å². The SMILES string of the molecule is CC(C)Oc1ccccc1C(=O)Nc1cccc(OCC(=O)N2CCCC2)c1. The first-order chi connectivity index (χ1) is 13.5. The summed E-state index contributed by atoms with van der Waals surface area (Å²) in [4.78, 5) is 26.6. The van der Waals surface area contributed by atoms with Crippen molar-refractivity contribution in [1.29, 1.82) is 0 Å². The third kappa shape index (κ3) is 5.25. The fraction of sp³-hybridized carbons (Fsp3) is 0.364. The Morgan fingerprint density at radius 1 is 1.07 bits per heavy atom. The maximum absolute atomic E-state index is 12.7. The van der Waals surface area contributed by atoms with Crippen molar-refractivity contribution in [3.63, 3.8) is 0 Å². The van der Waals surface area contributed by atoms with Crippen molar-refractivity contribution in [2.24, 2.45) is 0 Å². The Kier molecular flexibility index (Phi) is 6.53. The average Bonchev–Trinajstić information content (AvgIpc) is 3.21. The van der Waals surface area contributed by atoms with Crippen LogP contribution in [0.2, 0.25) is 0 Å². The van der Waals surface area contributed by atoms with Gasteiger partial charge in [0.15, 0.2) is 6.61 Å². The molecular formula is C22H26N2O4. The standard InChI is InChI=1S/C22H26N2O4/c1-16(2)28-20-11-4-3-10-19(20)22(26)23-17-8-7-9-18(14-17)27-15-21(25)24-12-5-6-13-24/h3-4,7-11,14,16H,5-6,12-13,15H2,1-2H3,(H,23,26). The van der Waals surface area contributed by atoms with Crippen LogP contribution in [0.1, 0.15) is 37.0 Å². The Balaban J connectivity index is 1.62. The fourth-order valence-corrected chi connectivity index (χ4v) is 3.08. The van der Waals surface area contributed by atoms with Gasteiger partial charge in [0.1, 0.15) is 11.5 Å². The van der Waals surface area contributed by atoms with Crippen LogP contribution in [-0.2, 0) is 4.79 Å². The molecule has 0 atom stereocenters. The van der Waals surface area contributed by atoms with Crippen LogP contribution in [0.4, 0.5) is 5.69 Å². The number of rotatable bonds is 7. The van der Waals surface area contributed by atoms with E-state index in [0.29, 0.717) is 22.7 Å². The van der Waals surface area contributed by atoms with Crippen molar-refractivity contribution in [2.75, 3.05) is 25.0 Å². The number of nitrogens with zero attached hydrogens (tertiary/aromatic N) is 1. The topological polar surface area (TPSA) is 67.9 Å². The predicted octanol–water partition coefficient (Wildman–Crippen LogP) is 3.73. The lowest BCUT2D eigenvalue weighted by Gasteiger charge is -2.16. The largest absolute Gasteiger partial charge is 0.490 e. The summed E-state index contributed by atoms with van der Waals surface area (Å²) >= 11 is 0. The van der Waals surface area contributed by atoms with Gasteiger partial charge in [-0.05, 0) is 51.0 Å². The fourth-order valence-electron chi connectivity index (χ4n) is 3.08. The zero-order valence-corrected chi connectivity index (χ0v) is 16.3. The summed E-state index contributed by atoms with van der Waals surface area (Å²) in [7, 11) is 0. The molecule has 0 saturated carbocycles. The van der Waals surface area contributed by atoms with Crippen LogP contribution in [0.3, 0.4) is 0 Å². The molecule has 0 bridgehead atoms. The van der Waals surface area contributed by atoms with Gasteiger partial charge in [0.05, 0.1) is 11.7 Å². The van der Waals surface area contributed by atoms with Crippen LogP contribution in [0.25, 0.3) is 0 Å². The second kappa shape index (κ2) is 9.26. The van der Waals surface area contributed by atoms with E-state index in [-0.39, 0.29) is 24.5 Å². The molecule has 1 heterocycles. The van der Waals surface area contributed by atoms with Crippen molar-refractivity contribution >= 4 is 17.5 Å². The van der Waals surface area contributed by atoms with Crippen LogP contribution in [0.15, 0.2) is 48.5 Å². The minimum absolute atomic E-state index is 0.00244. The third-order valence-electron chi connectivity index (χ3n) is 4.41. The molecule has 1 aliphatic heterocycles. The summed E-state index contributed by atoms with van der Waals surface area (Å²) < 4.78 is 11.3. The second-order valence-electron chi connectivity index (χ2n) is 7.02. The molecule has 2 aromatic carbocycles. The molecule has 0 unspecified atom stereocenters. The zero-order chi connectivity index (χ0) is 19.9. The summed E-state index contributed by atoms with van der Waals surface area (Å²) in [6.07, 6.45) is 2.07. The zero-order valence-electron chi connectivity index (χ0n) is 16.3. The summed E-state index contributed by atoms with van der Waals surface area (Å²) in [5.41, 5.74) is 1.06. The van der Waals surface area contributed by atoms with Crippen LogP contribution in [-0.4, -0.2) is 42.5 Å². The molecule has 1 aliphatic rings. The van der Waals surface area contributed by atoms with Gasteiger partial charge in [0, 0.05) is 24.8 Å². The third-order valence-corrected chi connectivity index (χ3v) is 4.41. The maximum Gasteiger partial charge on any atom is 0.260 e. The minimum Gasteiger partial charge on any atom is -0.490 e. The van der Waals surface area contributed by atoms with Gasteiger partial charge in [-0.1, -0.05) is 18.2 Å². The number of likely N-dealkylation sites (tertiary alicyclic amines) is 1. The van der Waals surface area contributed by atoms with Gasteiger partial charge in [0.25, 0.3) is 11.8 Å². The molecule has 0 aromatic heterocycles. The Hall–Kier alpha value is -3.02. The molecule has 1 N–H and O–H groups in total. The Morgan fingerprint density at radius 3 is 2.57 bits per heavy atom. The van der Waals surface area contributed by atoms with Crippen LogP contribution < -0.4 is 14.8 Å². The van der Waals surface area contributed by atoms with Gasteiger partial charge in [-0.15, -0.1) is 0 Å². The molecule has 2 aromatic rings. The summed E-state index contributed by atoms with van der Waals surface area (Å²) in [6.45, 7) is 5.44. The van der Waals surface area contributed by atoms with E-state index in [2.05, 4.69) is 5.32 Å². The normalized spacial score (nSPS) is 13.5. The number of benzene rings is 2. The van der Waals surface area contributed by atoms with Crippen molar-refractivity contribution in [2.45, 2.75) is 32.8 Å². The lowest BCUT2D eigenvalue weighted by Crippen LogP contribution is -2.32. The van der Waals surface area contributed by atoms with E-state index >= 15 is 0 Å². The monoisotopic (exact) mass is 382 g/mol. The second-order valence-corrected chi connectivity index (χ2v) is 7.02. The molecule has 6 heteroatoms. The van der Waals surface area contributed by atoms with Gasteiger partial charge >= 0.3 is 0 Å². The lowest BCUT2D eigenvalue weighted by molar-refractivity contribution is -0.132. The molecule has 0 spiro atoms. The quantitative estimate of drug-likeness (QED) is 0.792. The number of anilines is 1. The highest BCUT2D eigenvalue weighted by Crippen LogP contribution is 2.23. The summed E-state index contributed by atoms with van der Waals surface area (Å²) in [6, 6.07) is 14.2. The molecule has 148 valence electrons. The number of hydrogen-bond acceptors (Lipinski definition) is 4. The van der Waals surface area contributed by atoms with Crippen LogP contribution >= 0.6 is 0 Å². The van der Waals surface area contributed by atoms with Gasteiger partial charge in [-0.2, -0.15) is 0 Å². The number of ether oxygens (including phenoxy) is 2. The van der Waals surface area contributed by atoms with E-state index in [1.165, 1.54) is 0 Å². The van der Waals surface area contributed by atoms with E-state index in [1.807, 2.05) is 24.8 Å². The van der Waals surface area contributed by atoms with E-state index in [9.17, 15) is 9.59 Å². The first-order valence-electron chi connectivity index (χ1n) is 9.60. The summed E-state index contributed by atoms with van der Waals surface area (Å²) in [5, 5.41) is 2.86. The first-order valence-corrected chi connectivity index (χ1v) is 9.60. The van der Waals surface area contributed by atoms with Crippen LogP contribution in [0, 0.1) is 0 Å². The highest BCUT2D eigenvalue weighted by Gasteiger charge is 2.18. The number of carbonyl (C=O) groups is 2. The molecule has 1 fully saturated rings. The average molecular weight is 382 g/mol. The Morgan fingerprint density at radius 2 is 1.82 bits per heavy atom. The number of carbonyl (C=O) groups excluding carboxylic acids is 2. The molecule has 28 heavy (non-hydrogen) atoms. The molecule has 1 saturated heterocycles. The molecule has 6 nitrogen and oxygen atoms in total. The minimum atomic E-state index is -0.262. The van der Waals surface area contributed by atoms with Crippen molar-refractivity contribution in [3.8, 4) is 11.5 Å². The molecular weight excluding hydrogens is 356 g/mol.